The molecule has 1 atom stereocenters. The van der Waals surface area contributed by atoms with Crippen molar-refractivity contribution in [1.29, 1.82) is 0 Å². The lowest BCUT2D eigenvalue weighted by Gasteiger charge is -2.35. The number of nitrogens with zero attached hydrogens (tertiary/aromatic N) is 2. The van der Waals surface area contributed by atoms with E-state index in [1.165, 1.54) is 0 Å². The summed E-state index contributed by atoms with van der Waals surface area (Å²) in [4.78, 5) is 12.5. The number of halogens is 1. The van der Waals surface area contributed by atoms with E-state index in [1.54, 1.807) is 12.1 Å². The molecule has 0 radical (unpaired) electrons. The Morgan fingerprint density at radius 1 is 1.44 bits per heavy atom. The second-order valence-electron chi connectivity index (χ2n) is 4.35. The highest BCUT2D eigenvalue weighted by Gasteiger charge is 2.19. The van der Waals surface area contributed by atoms with E-state index >= 15 is 0 Å². The lowest BCUT2D eigenvalue weighted by atomic mass is 10.1. The van der Waals surface area contributed by atoms with Crippen LogP contribution < -0.4 is 10.2 Å². The number of benzene rings is 1. The molecule has 0 saturated carbocycles. The summed E-state index contributed by atoms with van der Waals surface area (Å²) in [5.74, 6) is 0. The average Bonchev–Trinajstić information content (AvgIpc) is 2.39. The van der Waals surface area contributed by atoms with Crippen LogP contribution in [0.2, 0.25) is 0 Å². The minimum absolute atomic E-state index is 0.144. The molecule has 1 N–H and O–H groups in total. The quantitative estimate of drug-likeness (QED) is 0.526. The average molecular weight is 314 g/mol. The fourth-order valence-electron chi connectivity index (χ4n) is 2.17. The van der Waals surface area contributed by atoms with Crippen molar-refractivity contribution >= 4 is 27.3 Å². The maximum Gasteiger partial charge on any atom is 0.269 e. The van der Waals surface area contributed by atoms with Gasteiger partial charge in [0.25, 0.3) is 5.69 Å². The largest absolute Gasteiger partial charge is 0.369 e. The monoisotopic (exact) mass is 313 g/mol. The Labute approximate surface area is 114 Å². The first-order valence-electron chi connectivity index (χ1n) is 5.99. The highest BCUT2D eigenvalue weighted by atomic mass is 79.9. The molecule has 0 bridgehead atoms. The fraction of sp³-hybridized carbons (Fsp3) is 0.500. The first-order valence-corrected chi connectivity index (χ1v) is 7.11. The van der Waals surface area contributed by atoms with Crippen molar-refractivity contribution < 1.29 is 4.92 Å². The predicted molar refractivity (Wildman–Crippen MR) is 75.5 cm³/mol. The van der Waals surface area contributed by atoms with Gasteiger partial charge in [-0.15, -0.1) is 0 Å². The van der Waals surface area contributed by atoms with Crippen LogP contribution in [-0.4, -0.2) is 35.9 Å². The second kappa shape index (κ2) is 6.15. The molecule has 98 valence electrons. The molecule has 0 amide bonds. The topological polar surface area (TPSA) is 58.4 Å². The summed E-state index contributed by atoms with van der Waals surface area (Å²) in [6.07, 6.45) is 1.09. The van der Waals surface area contributed by atoms with Gasteiger partial charge in [0.2, 0.25) is 0 Å². The van der Waals surface area contributed by atoms with Crippen LogP contribution >= 0.6 is 15.9 Å². The van der Waals surface area contributed by atoms with Gasteiger partial charge in [0, 0.05) is 48.8 Å². The minimum atomic E-state index is -0.366. The number of anilines is 1. The number of nitro benzene ring substituents is 1. The molecule has 0 spiro atoms. The predicted octanol–water partition coefficient (Wildman–Crippen LogP) is 2.16. The van der Waals surface area contributed by atoms with E-state index in [-0.39, 0.29) is 10.6 Å². The van der Waals surface area contributed by atoms with Crippen LogP contribution in [0.1, 0.15) is 6.42 Å². The van der Waals surface area contributed by atoms with Crippen LogP contribution in [0.15, 0.2) is 24.3 Å². The van der Waals surface area contributed by atoms with Gasteiger partial charge in [-0.1, -0.05) is 15.9 Å². The van der Waals surface area contributed by atoms with E-state index in [0.29, 0.717) is 6.04 Å². The van der Waals surface area contributed by atoms with E-state index in [2.05, 4.69) is 26.1 Å². The van der Waals surface area contributed by atoms with E-state index in [9.17, 15) is 10.1 Å². The smallest absolute Gasteiger partial charge is 0.269 e. The summed E-state index contributed by atoms with van der Waals surface area (Å²) in [6.45, 7) is 2.84. The van der Waals surface area contributed by atoms with Crippen molar-refractivity contribution in [2.45, 2.75) is 12.5 Å². The van der Waals surface area contributed by atoms with Crippen LogP contribution in [0.4, 0.5) is 11.4 Å². The first kappa shape index (κ1) is 13.3. The van der Waals surface area contributed by atoms with Gasteiger partial charge in [0.1, 0.15) is 0 Å². The SMILES string of the molecule is O=[N+]([O-])c1ccc(N2CCNC(CCBr)C2)cc1. The van der Waals surface area contributed by atoms with Gasteiger partial charge >= 0.3 is 0 Å². The lowest BCUT2D eigenvalue weighted by Crippen LogP contribution is -2.50. The van der Waals surface area contributed by atoms with Crippen molar-refractivity contribution in [3.8, 4) is 0 Å². The third kappa shape index (κ3) is 3.20. The molecular weight excluding hydrogens is 298 g/mol. The van der Waals surface area contributed by atoms with Crippen molar-refractivity contribution in [3.63, 3.8) is 0 Å². The zero-order valence-corrected chi connectivity index (χ0v) is 11.6. The number of nitrogens with one attached hydrogen (secondary N) is 1. The van der Waals surface area contributed by atoms with Crippen LogP contribution in [0, 0.1) is 10.1 Å². The Morgan fingerprint density at radius 3 is 2.78 bits per heavy atom. The number of hydrogen-bond donors (Lipinski definition) is 1. The highest BCUT2D eigenvalue weighted by molar-refractivity contribution is 9.09. The van der Waals surface area contributed by atoms with E-state index < -0.39 is 0 Å². The lowest BCUT2D eigenvalue weighted by molar-refractivity contribution is -0.384. The summed E-state index contributed by atoms with van der Waals surface area (Å²) >= 11 is 3.45. The number of rotatable bonds is 4. The van der Waals surface area contributed by atoms with Gasteiger partial charge in [-0.3, -0.25) is 10.1 Å². The molecule has 18 heavy (non-hydrogen) atoms. The van der Waals surface area contributed by atoms with Gasteiger partial charge in [0.15, 0.2) is 0 Å². The maximum atomic E-state index is 10.6. The number of non-ortho nitro benzene ring substituents is 1. The van der Waals surface area contributed by atoms with E-state index in [1.807, 2.05) is 12.1 Å². The van der Waals surface area contributed by atoms with E-state index in [0.717, 1.165) is 37.1 Å². The number of alkyl halides is 1. The molecule has 0 aromatic heterocycles. The molecule has 1 unspecified atom stereocenters. The van der Waals surface area contributed by atoms with Crippen LogP contribution in [0.25, 0.3) is 0 Å². The molecule has 1 aliphatic rings. The zero-order chi connectivity index (χ0) is 13.0. The molecule has 1 saturated heterocycles. The van der Waals surface area contributed by atoms with Crippen molar-refractivity contribution in [3.05, 3.63) is 34.4 Å². The van der Waals surface area contributed by atoms with Gasteiger partial charge in [-0.05, 0) is 18.6 Å². The molecular formula is C12H16BrN3O2. The third-order valence-corrected chi connectivity index (χ3v) is 3.60. The molecule has 1 aromatic carbocycles. The minimum Gasteiger partial charge on any atom is -0.369 e. The Bertz CT molecular complexity index is 408. The standard InChI is InChI=1S/C12H16BrN3O2/c13-6-5-10-9-15(8-7-14-10)11-1-3-12(4-2-11)16(17)18/h1-4,10,14H,5-9H2. The van der Waals surface area contributed by atoms with E-state index in [4.69, 9.17) is 0 Å². The Hall–Kier alpha value is -1.14. The molecule has 1 aliphatic heterocycles. The van der Waals surface area contributed by atoms with Gasteiger partial charge in [0.05, 0.1) is 4.92 Å². The highest BCUT2D eigenvalue weighted by Crippen LogP contribution is 2.20. The Kier molecular flexibility index (Phi) is 4.54. The van der Waals surface area contributed by atoms with Gasteiger partial charge < -0.3 is 10.2 Å². The molecule has 2 rings (SSSR count). The molecule has 6 heteroatoms. The van der Waals surface area contributed by atoms with Crippen molar-refractivity contribution in [1.82, 2.24) is 5.32 Å². The second-order valence-corrected chi connectivity index (χ2v) is 5.14. The molecule has 5 nitrogen and oxygen atoms in total. The normalized spacial score (nSPS) is 19.8. The van der Waals surface area contributed by atoms with Gasteiger partial charge in [-0.2, -0.15) is 0 Å². The summed E-state index contributed by atoms with van der Waals surface area (Å²) < 4.78 is 0. The summed E-state index contributed by atoms with van der Waals surface area (Å²) in [7, 11) is 0. The van der Waals surface area contributed by atoms with Crippen molar-refractivity contribution in [2.75, 3.05) is 29.9 Å². The summed E-state index contributed by atoms with van der Waals surface area (Å²) in [5.41, 5.74) is 1.20. The summed E-state index contributed by atoms with van der Waals surface area (Å²) in [6, 6.07) is 7.27. The number of piperazine rings is 1. The molecule has 0 aliphatic carbocycles. The fourth-order valence-corrected chi connectivity index (χ4v) is 2.72. The van der Waals surface area contributed by atoms with Crippen LogP contribution in [0.3, 0.4) is 0 Å². The van der Waals surface area contributed by atoms with Crippen LogP contribution in [-0.2, 0) is 0 Å². The molecule has 1 aromatic rings. The Morgan fingerprint density at radius 2 is 2.17 bits per heavy atom. The van der Waals surface area contributed by atoms with Crippen molar-refractivity contribution in [2.24, 2.45) is 0 Å². The number of hydrogen-bond acceptors (Lipinski definition) is 4. The number of nitro groups is 1. The Balaban J connectivity index is 2.04. The van der Waals surface area contributed by atoms with Gasteiger partial charge in [-0.25, -0.2) is 0 Å². The first-order chi connectivity index (χ1) is 8.70. The molecule has 1 fully saturated rings. The van der Waals surface area contributed by atoms with Crippen LogP contribution in [0.5, 0.6) is 0 Å². The third-order valence-electron chi connectivity index (χ3n) is 3.14. The maximum absolute atomic E-state index is 10.6. The summed E-state index contributed by atoms with van der Waals surface area (Å²) in [5, 5.41) is 15.1. The molecule has 1 heterocycles. The zero-order valence-electron chi connectivity index (χ0n) is 10.0.